The average molecular weight is 522 g/mol. The van der Waals surface area contributed by atoms with Crippen LogP contribution in [-0.2, 0) is 45.8 Å². The van der Waals surface area contributed by atoms with Crippen LogP contribution in [0, 0.1) is 0 Å². The van der Waals surface area contributed by atoms with Crippen molar-refractivity contribution in [3.05, 3.63) is 90.0 Å². The highest BCUT2D eigenvalue weighted by Crippen LogP contribution is 2.10. The Kier molecular flexibility index (Phi) is 10.0. The standard InChI is InChI=1S/C29H36N4O5/c1-29(2,3)38-28(36)31-25(14-15-26(34)37-20-24-8-6-5-7-9-24)27(35)30-18-22-10-12-23(13-11-22)19-33-17-16-32(4)21-33/h5-13,16-17,21,25H,14-15,18-20H2,1-4H3,(H-,30,31,35,36)/p+1/t25-/m0/s1. The number of aromatic nitrogens is 2. The minimum absolute atomic E-state index is 0.0352. The molecule has 1 aromatic heterocycles. The Labute approximate surface area is 223 Å². The molecule has 0 saturated heterocycles. The molecule has 2 N–H and O–H groups in total. The highest BCUT2D eigenvalue weighted by Gasteiger charge is 2.25. The van der Waals surface area contributed by atoms with Gasteiger partial charge in [0.25, 0.3) is 0 Å². The molecule has 0 unspecified atom stereocenters. The molecule has 0 radical (unpaired) electrons. The first-order chi connectivity index (χ1) is 18.1. The number of nitrogens with zero attached hydrogens (tertiary/aromatic N) is 2. The maximum absolute atomic E-state index is 13.0. The number of benzene rings is 2. The number of ether oxygens (including phenoxy) is 2. The summed E-state index contributed by atoms with van der Waals surface area (Å²) in [6.45, 7) is 6.39. The van der Waals surface area contributed by atoms with E-state index in [-0.39, 0.29) is 26.0 Å². The molecular formula is C29H37N4O5+. The zero-order valence-corrected chi connectivity index (χ0v) is 22.5. The molecule has 9 heteroatoms. The van der Waals surface area contributed by atoms with Crippen molar-refractivity contribution in [3.8, 4) is 0 Å². The van der Waals surface area contributed by atoms with Crippen LogP contribution >= 0.6 is 0 Å². The minimum Gasteiger partial charge on any atom is -0.461 e. The molecule has 0 aliphatic heterocycles. The quantitative estimate of drug-likeness (QED) is 0.298. The molecule has 0 aliphatic rings. The van der Waals surface area contributed by atoms with E-state index in [0.29, 0.717) is 0 Å². The van der Waals surface area contributed by atoms with Crippen LogP contribution in [0.1, 0.15) is 50.3 Å². The lowest BCUT2D eigenvalue weighted by Crippen LogP contribution is -2.48. The SMILES string of the molecule is C[n+]1ccn(Cc2ccc(CNC(=O)[C@H](CCC(=O)OCc3ccccc3)NC(=O)OC(C)(C)C)cc2)c1. The largest absolute Gasteiger partial charge is 0.461 e. The lowest BCUT2D eigenvalue weighted by Gasteiger charge is -2.23. The molecule has 1 atom stereocenters. The van der Waals surface area contributed by atoms with Gasteiger partial charge in [-0.3, -0.25) is 9.59 Å². The molecule has 2 aromatic carbocycles. The number of alkyl carbamates (subject to hydrolysis) is 1. The van der Waals surface area contributed by atoms with E-state index in [2.05, 4.69) is 15.2 Å². The summed E-state index contributed by atoms with van der Waals surface area (Å²) in [7, 11) is 1.97. The van der Waals surface area contributed by atoms with Crippen molar-refractivity contribution in [2.24, 2.45) is 7.05 Å². The van der Waals surface area contributed by atoms with Crippen LogP contribution in [0.25, 0.3) is 0 Å². The van der Waals surface area contributed by atoms with E-state index in [1.807, 2.05) is 84.9 Å². The van der Waals surface area contributed by atoms with Crippen LogP contribution in [0.2, 0.25) is 0 Å². The van der Waals surface area contributed by atoms with E-state index >= 15 is 0 Å². The van der Waals surface area contributed by atoms with E-state index in [1.54, 1.807) is 20.8 Å². The molecule has 1 heterocycles. The van der Waals surface area contributed by atoms with Gasteiger partial charge in [0.1, 0.15) is 37.2 Å². The summed E-state index contributed by atoms with van der Waals surface area (Å²) in [5.74, 6) is -0.861. The lowest BCUT2D eigenvalue weighted by molar-refractivity contribution is -0.671. The first-order valence-corrected chi connectivity index (χ1v) is 12.6. The first-order valence-electron chi connectivity index (χ1n) is 12.6. The van der Waals surface area contributed by atoms with Crippen molar-refractivity contribution in [1.29, 1.82) is 0 Å². The molecule has 38 heavy (non-hydrogen) atoms. The third kappa shape index (κ3) is 10.1. The summed E-state index contributed by atoms with van der Waals surface area (Å²) in [5.41, 5.74) is 2.20. The van der Waals surface area contributed by atoms with E-state index in [0.717, 1.165) is 23.2 Å². The number of amides is 2. The summed E-state index contributed by atoms with van der Waals surface area (Å²) in [4.78, 5) is 37.6. The van der Waals surface area contributed by atoms with Gasteiger partial charge < -0.3 is 20.1 Å². The number of esters is 1. The van der Waals surface area contributed by atoms with Gasteiger partial charge in [0.2, 0.25) is 12.2 Å². The molecule has 3 aromatic rings. The van der Waals surface area contributed by atoms with Crippen molar-refractivity contribution in [2.75, 3.05) is 0 Å². The topological polar surface area (TPSA) is 103 Å². The third-order valence-corrected chi connectivity index (χ3v) is 5.57. The van der Waals surface area contributed by atoms with Gasteiger partial charge in [-0.1, -0.05) is 54.6 Å². The molecular weight excluding hydrogens is 484 g/mol. The van der Waals surface area contributed by atoms with Crippen LogP contribution in [0.3, 0.4) is 0 Å². The fraction of sp³-hybridized carbons (Fsp3) is 0.379. The Balaban J connectivity index is 1.54. The maximum Gasteiger partial charge on any atom is 0.408 e. The monoisotopic (exact) mass is 521 g/mol. The summed E-state index contributed by atoms with van der Waals surface area (Å²) >= 11 is 0. The Morgan fingerprint density at radius 3 is 2.29 bits per heavy atom. The number of imidazole rings is 1. The summed E-state index contributed by atoms with van der Waals surface area (Å²) in [6, 6.07) is 16.3. The Morgan fingerprint density at radius 2 is 1.66 bits per heavy atom. The Bertz CT molecular complexity index is 1200. The zero-order valence-electron chi connectivity index (χ0n) is 22.5. The van der Waals surface area contributed by atoms with Gasteiger partial charge >= 0.3 is 12.1 Å². The molecule has 3 rings (SSSR count). The van der Waals surface area contributed by atoms with E-state index in [4.69, 9.17) is 9.47 Å². The van der Waals surface area contributed by atoms with Gasteiger partial charge in [0.15, 0.2) is 0 Å². The van der Waals surface area contributed by atoms with Gasteiger partial charge in [0.05, 0.1) is 7.05 Å². The number of rotatable bonds is 11. The van der Waals surface area contributed by atoms with Crippen molar-refractivity contribution < 1.29 is 28.4 Å². The van der Waals surface area contributed by atoms with Crippen LogP contribution < -0.4 is 15.2 Å². The predicted molar refractivity (Wildman–Crippen MR) is 142 cm³/mol. The Morgan fingerprint density at radius 1 is 0.974 bits per heavy atom. The smallest absolute Gasteiger partial charge is 0.408 e. The zero-order chi connectivity index (χ0) is 27.5. The molecule has 2 amide bonds. The van der Waals surface area contributed by atoms with Crippen LogP contribution in [0.15, 0.2) is 73.3 Å². The third-order valence-electron chi connectivity index (χ3n) is 5.57. The van der Waals surface area contributed by atoms with Gasteiger partial charge in [-0.15, -0.1) is 0 Å². The van der Waals surface area contributed by atoms with Gasteiger partial charge in [-0.25, -0.2) is 13.9 Å². The van der Waals surface area contributed by atoms with Crippen molar-refractivity contribution in [1.82, 2.24) is 15.2 Å². The summed E-state index contributed by atoms with van der Waals surface area (Å²) in [5, 5.41) is 5.44. The average Bonchev–Trinajstić information content (AvgIpc) is 3.28. The first kappa shape index (κ1) is 28.4. The predicted octanol–water partition coefficient (Wildman–Crippen LogP) is 3.39. The number of aryl methyl sites for hydroxylation is 1. The van der Waals surface area contributed by atoms with Crippen LogP contribution in [0.5, 0.6) is 0 Å². The fourth-order valence-electron chi connectivity index (χ4n) is 3.67. The number of carbonyl (C=O) groups excluding carboxylic acids is 3. The number of hydrogen-bond acceptors (Lipinski definition) is 5. The lowest BCUT2D eigenvalue weighted by atomic mass is 10.1. The van der Waals surface area contributed by atoms with Gasteiger partial charge in [-0.2, -0.15) is 0 Å². The summed E-state index contributed by atoms with van der Waals surface area (Å²) in [6.07, 6.45) is 5.30. The van der Waals surface area contributed by atoms with Crippen molar-refractivity contribution >= 4 is 18.0 Å². The van der Waals surface area contributed by atoms with Crippen molar-refractivity contribution in [2.45, 2.75) is 65.0 Å². The number of nitrogens with one attached hydrogen (secondary N) is 2. The van der Waals surface area contributed by atoms with Crippen molar-refractivity contribution in [3.63, 3.8) is 0 Å². The molecule has 202 valence electrons. The second-order valence-corrected chi connectivity index (χ2v) is 10.2. The van der Waals surface area contributed by atoms with Crippen LogP contribution in [-0.4, -0.2) is 34.2 Å². The molecule has 0 spiro atoms. The number of hydrogen-bond donors (Lipinski definition) is 2. The van der Waals surface area contributed by atoms with Gasteiger partial charge in [-0.05, 0) is 43.9 Å². The van der Waals surface area contributed by atoms with E-state index in [9.17, 15) is 14.4 Å². The van der Waals surface area contributed by atoms with Gasteiger partial charge in [0, 0.05) is 13.0 Å². The van der Waals surface area contributed by atoms with E-state index in [1.165, 1.54) is 0 Å². The number of carbonyl (C=O) groups is 3. The minimum atomic E-state index is -0.956. The fourth-order valence-corrected chi connectivity index (χ4v) is 3.67. The molecule has 9 nitrogen and oxygen atoms in total. The molecule has 0 aliphatic carbocycles. The normalized spacial score (nSPS) is 11.9. The molecule has 0 bridgehead atoms. The molecule has 0 fully saturated rings. The van der Waals surface area contributed by atoms with E-state index < -0.39 is 29.6 Å². The second kappa shape index (κ2) is 13.4. The summed E-state index contributed by atoms with van der Waals surface area (Å²) < 4.78 is 14.7. The Hall–Kier alpha value is -4.14. The van der Waals surface area contributed by atoms with Crippen LogP contribution in [0.4, 0.5) is 4.79 Å². The second-order valence-electron chi connectivity index (χ2n) is 10.2. The molecule has 0 saturated carbocycles. The highest BCUT2D eigenvalue weighted by molar-refractivity contribution is 5.86. The maximum atomic E-state index is 13.0. The highest BCUT2D eigenvalue weighted by atomic mass is 16.6.